The third-order valence-electron chi connectivity index (χ3n) is 3.29. The van der Waals surface area contributed by atoms with Gasteiger partial charge < -0.3 is 9.94 Å². The second-order valence-corrected chi connectivity index (χ2v) is 7.26. The minimum atomic E-state index is -1.33. The number of likely N-dealkylation sites (tertiary alicyclic amines) is 1. The molecule has 1 aromatic rings. The van der Waals surface area contributed by atoms with E-state index in [0.717, 1.165) is 4.90 Å². The zero-order valence-corrected chi connectivity index (χ0v) is 15.2. The summed E-state index contributed by atoms with van der Waals surface area (Å²) in [7, 11) is 0. The van der Waals surface area contributed by atoms with E-state index in [-0.39, 0.29) is 18.5 Å². The molecule has 24 heavy (non-hydrogen) atoms. The number of halogens is 2. The number of rotatable bonds is 1. The quantitative estimate of drug-likeness (QED) is 0.575. The maximum Gasteiger partial charge on any atom is 0.411 e. The van der Waals surface area contributed by atoms with Crippen LogP contribution in [0.15, 0.2) is 27.8 Å². The van der Waals surface area contributed by atoms with E-state index in [0.29, 0.717) is 9.33 Å². The third-order valence-corrected chi connectivity index (χ3v) is 3.89. The van der Waals surface area contributed by atoms with Crippen LogP contribution in [0.2, 0.25) is 0 Å². The van der Waals surface area contributed by atoms with Gasteiger partial charge in [0.05, 0.1) is 6.54 Å². The van der Waals surface area contributed by atoms with Crippen molar-refractivity contribution < 1.29 is 23.9 Å². The summed E-state index contributed by atoms with van der Waals surface area (Å²) >= 11 is 3.09. The number of carbonyl (C=O) groups excluding carboxylic acids is 2. The molecule has 7 nitrogen and oxygen atoms in total. The Kier molecular flexibility index (Phi) is 5.32. The number of hydrogen-bond acceptors (Lipinski definition) is 4. The summed E-state index contributed by atoms with van der Waals surface area (Å²) in [5.74, 6) is -0.720. The molecule has 9 heteroatoms. The number of amides is 2. The lowest BCUT2D eigenvalue weighted by atomic mass is 10.2. The van der Waals surface area contributed by atoms with E-state index in [4.69, 9.17) is 4.74 Å². The van der Waals surface area contributed by atoms with Crippen molar-refractivity contribution in [2.75, 3.05) is 6.54 Å². The summed E-state index contributed by atoms with van der Waals surface area (Å²) in [5.41, 5.74) is -0.782. The second-order valence-electron chi connectivity index (χ2n) is 6.45. The molecule has 0 radical (unpaired) electrons. The fraction of sp³-hybridized carbons (Fsp3) is 0.533. The van der Waals surface area contributed by atoms with Crippen molar-refractivity contribution in [1.82, 2.24) is 9.63 Å². The van der Waals surface area contributed by atoms with Crippen LogP contribution in [0.4, 0.5) is 9.18 Å². The summed E-state index contributed by atoms with van der Waals surface area (Å²) in [5, 5.41) is 9.81. The molecule has 132 valence electrons. The van der Waals surface area contributed by atoms with Crippen LogP contribution in [0.5, 0.6) is 0 Å². The molecule has 0 spiro atoms. The highest BCUT2D eigenvalue weighted by Crippen LogP contribution is 2.24. The second kappa shape index (κ2) is 6.92. The molecule has 1 aliphatic heterocycles. The molecule has 2 atom stereocenters. The topological polar surface area (TPSA) is 84.1 Å². The highest BCUT2D eigenvalue weighted by Gasteiger charge is 2.41. The van der Waals surface area contributed by atoms with E-state index in [1.165, 1.54) is 6.07 Å². The van der Waals surface area contributed by atoms with Crippen LogP contribution in [0.3, 0.4) is 0 Å². The molecule has 2 heterocycles. The molecule has 0 aliphatic carbocycles. The molecule has 0 bridgehead atoms. The van der Waals surface area contributed by atoms with Gasteiger partial charge in [0, 0.05) is 6.42 Å². The van der Waals surface area contributed by atoms with Gasteiger partial charge in [0.1, 0.15) is 22.4 Å². The Morgan fingerprint density at radius 3 is 2.71 bits per heavy atom. The minimum absolute atomic E-state index is 0.0270. The Hall–Kier alpha value is -1.90. The van der Waals surface area contributed by atoms with E-state index in [1.54, 1.807) is 32.9 Å². The van der Waals surface area contributed by atoms with Gasteiger partial charge >= 0.3 is 6.09 Å². The Morgan fingerprint density at radius 2 is 2.08 bits per heavy atom. The standard InChI is InChI=1S/C15H19BrFN3O4/c1-15(2,3)24-14(22)19-8-9(17)7-10(19)13(21)18-12-6-4-5-11(16)20(12)23/h4-6,9-10,23H,7-8H2,1-3H3/t9-,10+/m1/s1. The summed E-state index contributed by atoms with van der Waals surface area (Å²) in [6.07, 6.45) is -2.24. The number of hydrogen-bond donors (Lipinski definition) is 1. The molecule has 2 amide bonds. The number of ether oxygens (including phenoxy) is 1. The molecule has 2 rings (SSSR count). The van der Waals surface area contributed by atoms with Crippen LogP contribution in [0, 0.1) is 0 Å². The molecular formula is C15H19BrFN3O4. The van der Waals surface area contributed by atoms with E-state index >= 15 is 0 Å². The first-order chi connectivity index (χ1) is 11.1. The van der Waals surface area contributed by atoms with Crippen molar-refractivity contribution in [2.24, 2.45) is 4.99 Å². The van der Waals surface area contributed by atoms with E-state index in [1.807, 2.05) is 0 Å². The summed E-state index contributed by atoms with van der Waals surface area (Å²) < 4.78 is 19.9. The molecule has 0 unspecified atom stereocenters. The number of carbonyl (C=O) groups is 2. The van der Waals surface area contributed by atoms with Gasteiger partial charge in [0.15, 0.2) is 5.49 Å². The van der Waals surface area contributed by atoms with Gasteiger partial charge in [-0.15, -0.1) is 0 Å². The summed E-state index contributed by atoms with van der Waals surface area (Å²) in [6.45, 7) is 4.83. The maximum absolute atomic E-state index is 13.8. The smallest absolute Gasteiger partial charge is 0.411 e. The summed E-state index contributed by atoms with van der Waals surface area (Å²) in [4.78, 5) is 29.4. The van der Waals surface area contributed by atoms with Gasteiger partial charge in [0.2, 0.25) is 0 Å². The molecule has 1 aromatic heterocycles. The van der Waals surface area contributed by atoms with Gasteiger partial charge in [-0.2, -0.15) is 9.72 Å². The SMILES string of the molecule is CC(C)(C)OC(=O)N1C[C@H](F)C[C@H]1C(=O)N=c1cccc(Br)n1O. The number of nitrogens with zero attached hydrogens (tertiary/aromatic N) is 3. The van der Waals surface area contributed by atoms with Gasteiger partial charge in [-0.25, -0.2) is 9.18 Å². The highest BCUT2D eigenvalue weighted by atomic mass is 79.9. The fourth-order valence-corrected chi connectivity index (χ4v) is 2.61. The van der Waals surface area contributed by atoms with Crippen LogP contribution >= 0.6 is 15.9 Å². The van der Waals surface area contributed by atoms with Gasteiger partial charge in [-0.1, -0.05) is 6.07 Å². The largest absolute Gasteiger partial charge is 0.444 e. The highest BCUT2D eigenvalue weighted by molar-refractivity contribution is 9.10. The average Bonchev–Trinajstić information content (AvgIpc) is 2.84. The predicted molar refractivity (Wildman–Crippen MR) is 86.1 cm³/mol. The maximum atomic E-state index is 13.8. The van der Waals surface area contributed by atoms with Crippen LogP contribution in [-0.4, -0.2) is 51.2 Å². The van der Waals surface area contributed by atoms with Crippen molar-refractivity contribution in [3.63, 3.8) is 0 Å². The minimum Gasteiger partial charge on any atom is -0.444 e. The van der Waals surface area contributed by atoms with Crippen molar-refractivity contribution in [1.29, 1.82) is 0 Å². The normalized spacial score (nSPS) is 21.9. The van der Waals surface area contributed by atoms with E-state index in [2.05, 4.69) is 20.9 Å². The molecule has 1 N–H and O–H groups in total. The lowest BCUT2D eigenvalue weighted by Crippen LogP contribution is -2.43. The Bertz CT molecular complexity index is 713. The molecule has 1 saturated heterocycles. The third kappa shape index (κ3) is 4.34. The van der Waals surface area contributed by atoms with Crippen LogP contribution in [-0.2, 0) is 9.53 Å². The average molecular weight is 404 g/mol. The fourth-order valence-electron chi connectivity index (χ4n) is 2.28. The van der Waals surface area contributed by atoms with Gasteiger partial charge in [-0.05, 0) is 48.8 Å². The molecule has 0 aromatic carbocycles. The number of alkyl halides is 1. The number of pyridine rings is 1. The van der Waals surface area contributed by atoms with E-state index < -0.39 is 29.8 Å². The van der Waals surface area contributed by atoms with Crippen molar-refractivity contribution >= 4 is 27.9 Å². The van der Waals surface area contributed by atoms with Crippen molar-refractivity contribution in [3.05, 3.63) is 28.3 Å². The zero-order valence-electron chi connectivity index (χ0n) is 13.6. The Balaban J connectivity index is 2.26. The predicted octanol–water partition coefficient (Wildman–Crippen LogP) is 2.26. The monoisotopic (exact) mass is 403 g/mol. The van der Waals surface area contributed by atoms with Crippen molar-refractivity contribution in [2.45, 2.75) is 45.0 Å². The van der Waals surface area contributed by atoms with Crippen LogP contribution in [0.1, 0.15) is 27.2 Å². The Labute approximate surface area is 146 Å². The first kappa shape index (κ1) is 18.4. The number of aromatic nitrogens is 1. The molecule has 0 saturated carbocycles. The first-order valence-electron chi connectivity index (χ1n) is 7.37. The lowest BCUT2D eigenvalue weighted by molar-refractivity contribution is -0.122. The summed E-state index contributed by atoms with van der Waals surface area (Å²) in [6, 6.07) is 3.50. The first-order valence-corrected chi connectivity index (χ1v) is 8.17. The lowest BCUT2D eigenvalue weighted by Gasteiger charge is -2.26. The zero-order chi connectivity index (χ0) is 18.1. The van der Waals surface area contributed by atoms with E-state index in [9.17, 15) is 19.2 Å². The van der Waals surface area contributed by atoms with Crippen molar-refractivity contribution in [3.8, 4) is 0 Å². The molecule has 1 fully saturated rings. The molecular weight excluding hydrogens is 385 g/mol. The Morgan fingerprint density at radius 1 is 1.42 bits per heavy atom. The van der Waals surface area contributed by atoms with Crippen LogP contribution in [0.25, 0.3) is 0 Å². The molecule has 1 aliphatic rings. The van der Waals surface area contributed by atoms with Crippen LogP contribution < -0.4 is 5.49 Å². The van der Waals surface area contributed by atoms with Gasteiger partial charge in [-0.3, -0.25) is 9.69 Å². The van der Waals surface area contributed by atoms with Gasteiger partial charge in [0.25, 0.3) is 5.91 Å².